The van der Waals surface area contributed by atoms with Gasteiger partial charge in [0.05, 0.1) is 5.69 Å². The first-order chi connectivity index (χ1) is 12.0. The third-order valence-corrected chi connectivity index (χ3v) is 5.76. The molecule has 0 unspecified atom stereocenters. The molecule has 1 aliphatic carbocycles. The van der Waals surface area contributed by atoms with Crippen LogP contribution in [-0.2, 0) is 4.79 Å². The van der Waals surface area contributed by atoms with E-state index >= 15 is 0 Å². The summed E-state index contributed by atoms with van der Waals surface area (Å²) in [6, 6.07) is 8.37. The van der Waals surface area contributed by atoms with Gasteiger partial charge in [-0.1, -0.05) is 36.9 Å². The minimum absolute atomic E-state index is 0.0558. The third-order valence-electron chi connectivity index (χ3n) is 5.53. The largest absolute Gasteiger partial charge is 0.346 e. The molecule has 0 saturated heterocycles. The molecule has 0 atom stereocenters. The van der Waals surface area contributed by atoms with E-state index in [4.69, 9.17) is 11.6 Å². The van der Waals surface area contributed by atoms with E-state index in [2.05, 4.69) is 29.8 Å². The third kappa shape index (κ3) is 2.91. The molecule has 1 N–H and O–H groups in total. The van der Waals surface area contributed by atoms with Gasteiger partial charge in [-0.2, -0.15) is 0 Å². The van der Waals surface area contributed by atoms with E-state index in [1.807, 2.05) is 18.2 Å². The van der Waals surface area contributed by atoms with E-state index in [1.54, 1.807) is 6.07 Å². The SMILES string of the molecule is Cc1cc(/C=C2/C(=O)Nc3cc(Cl)ccc32)c(C)n1C1CCCCC1. The highest BCUT2D eigenvalue weighted by molar-refractivity contribution is 6.36. The number of hydrogen-bond acceptors (Lipinski definition) is 1. The molecule has 1 amide bonds. The van der Waals surface area contributed by atoms with Gasteiger partial charge in [-0.25, -0.2) is 0 Å². The lowest BCUT2D eigenvalue weighted by molar-refractivity contribution is -0.110. The van der Waals surface area contributed by atoms with Crippen molar-refractivity contribution in [2.75, 3.05) is 5.32 Å². The Morgan fingerprint density at radius 1 is 1.16 bits per heavy atom. The predicted molar refractivity (Wildman–Crippen MR) is 104 cm³/mol. The van der Waals surface area contributed by atoms with Gasteiger partial charge in [0.2, 0.25) is 0 Å². The van der Waals surface area contributed by atoms with E-state index in [0.717, 1.165) is 22.4 Å². The molecule has 25 heavy (non-hydrogen) atoms. The zero-order valence-electron chi connectivity index (χ0n) is 14.7. The number of fused-ring (bicyclic) bond motifs is 1. The summed E-state index contributed by atoms with van der Waals surface area (Å²) in [5.41, 5.74) is 6.12. The number of carbonyl (C=O) groups is 1. The maximum absolute atomic E-state index is 12.4. The summed E-state index contributed by atoms with van der Waals surface area (Å²) < 4.78 is 2.47. The van der Waals surface area contributed by atoms with Crippen molar-refractivity contribution in [1.29, 1.82) is 0 Å². The molecule has 0 bridgehead atoms. The average molecular weight is 355 g/mol. The minimum Gasteiger partial charge on any atom is -0.346 e. The first-order valence-electron chi connectivity index (χ1n) is 9.06. The second kappa shape index (κ2) is 6.38. The van der Waals surface area contributed by atoms with Gasteiger partial charge in [0.25, 0.3) is 5.91 Å². The average Bonchev–Trinajstić information content (AvgIpc) is 3.04. The molecule has 2 aromatic rings. The number of nitrogens with one attached hydrogen (secondary N) is 1. The molecule has 4 heteroatoms. The fraction of sp³-hybridized carbons (Fsp3) is 0.381. The lowest BCUT2D eigenvalue weighted by atomic mass is 9.95. The van der Waals surface area contributed by atoms with Crippen LogP contribution in [0.1, 0.15) is 60.7 Å². The summed E-state index contributed by atoms with van der Waals surface area (Å²) in [4.78, 5) is 12.4. The Kier molecular flexibility index (Phi) is 4.20. The lowest BCUT2D eigenvalue weighted by Crippen LogP contribution is -2.15. The second-order valence-corrected chi connectivity index (χ2v) is 7.63. The van der Waals surface area contributed by atoms with Gasteiger partial charge in [0.1, 0.15) is 0 Å². The maximum Gasteiger partial charge on any atom is 0.256 e. The van der Waals surface area contributed by atoms with Crippen LogP contribution in [0.15, 0.2) is 24.3 Å². The molecule has 4 rings (SSSR count). The fourth-order valence-electron chi connectivity index (χ4n) is 4.32. The number of aromatic nitrogens is 1. The van der Waals surface area contributed by atoms with Gasteiger partial charge < -0.3 is 9.88 Å². The molecular weight excluding hydrogens is 332 g/mol. The summed E-state index contributed by atoms with van der Waals surface area (Å²) in [5, 5.41) is 3.55. The molecule has 2 heterocycles. The van der Waals surface area contributed by atoms with Crippen molar-refractivity contribution in [2.24, 2.45) is 0 Å². The Bertz CT molecular complexity index is 872. The Morgan fingerprint density at radius 3 is 2.68 bits per heavy atom. The highest BCUT2D eigenvalue weighted by Crippen LogP contribution is 2.37. The Balaban J connectivity index is 1.74. The van der Waals surface area contributed by atoms with Crippen molar-refractivity contribution >= 4 is 34.8 Å². The van der Waals surface area contributed by atoms with E-state index in [1.165, 1.54) is 43.5 Å². The summed E-state index contributed by atoms with van der Waals surface area (Å²) in [6.45, 7) is 4.34. The highest BCUT2D eigenvalue weighted by Gasteiger charge is 2.25. The van der Waals surface area contributed by atoms with Crippen molar-refractivity contribution in [2.45, 2.75) is 52.0 Å². The van der Waals surface area contributed by atoms with Crippen LogP contribution in [0.25, 0.3) is 11.6 Å². The van der Waals surface area contributed by atoms with Gasteiger partial charge in [-0.15, -0.1) is 0 Å². The maximum atomic E-state index is 12.4. The standard InChI is InChI=1S/C21H23ClN2O/c1-13-10-15(14(2)24(13)17-6-4-3-5-7-17)11-19-18-9-8-16(22)12-20(18)23-21(19)25/h8-12,17H,3-7H2,1-2H3,(H,23,25)/b19-11+. The fourth-order valence-corrected chi connectivity index (χ4v) is 4.49. The molecular formula is C21H23ClN2O. The monoisotopic (exact) mass is 354 g/mol. The summed E-state index contributed by atoms with van der Waals surface area (Å²) >= 11 is 6.04. The molecule has 0 radical (unpaired) electrons. The second-order valence-electron chi connectivity index (χ2n) is 7.19. The summed E-state index contributed by atoms with van der Waals surface area (Å²) in [7, 11) is 0. The van der Waals surface area contributed by atoms with Crippen LogP contribution in [0.5, 0.6) is 0 Å². The van der Waals surface area contributed by atoms with E-state index in [9.17, 15) is 4.79 Å². The number of halogens is 1. The summed E-state index contributed by atoms with van der Waals surface area (Å²) in [6.07, 6.45) is 8.52. The molecule has 1 fully saturated rings. The van der Waals surface area contributed by atoms with Crippen molar-refractivity contribution in [3.63, 3.8) is 0 Å². The van der Waals surface area contributed by atoms with Crippen molar-refractivity contribution in [3.8, 4) is 0 Å². The first-order valence-corrected chi connectivity index (χ1v) is 9.44. The Labute approximate surface area is 153 Å². The number of amides is 1. The van der Waals surface area contributed by atoms with Crippen LogP contribution < -0.4 is 5.32 Å². The number of carbonyl (C=O) groups excluding carboxylic acids is 1. The van der Waals surface area contributed by atoms with E-state index < -0.39 is 0 Å². The number of benzene rings is 1. The van der Waals surface area contributed by atoms with Gasteiger partial charge in [-0.3, -0.25) is 4.79 Å². The molecule has 1 aliphatic heterocycles. The van der Waals surface area contributed by atoms with Crippen LogP contribution in [0.2, 0.25) is 5.02 Å². The molecule has 2 aliphatic rings. The van der Waals surface area contributed by atoms with Gasteiger partial charge >= 0.3 is 0 Å². The molecule has 1 saturated carbocycles. The smallest absolute Gasteiger partial charge is 0.256 e. The molecule has 0 spiro atoms. The van der Waals surface area contributed by atoms with Gasteiger partial charge in [0.15, 0.2) is 0 Å². The van der Waals surface area contributed by atoms with Crippen LogP contribution in [0, 0.1) is 13.8 Å². The van der Waals surface area contributed by atoms with Crippen LogP contribution in [0.3, 0.4) is 0 Å². The number of hydrogen-bond donors (Lipinski definition) is 1. The molecule has 1 aromatic carbocycles. The van der Waals surface area contributed by atoms with Crippen molar-refractivity contribution < 1.29 is 4.79 Å². The van der Waals surface area contributed by atoms with Crippen molar-refractivity contribution in [1.82, 2.24) is 4.57 Å². The number of aryl methyl sites for hydroxylation is 1. The topological polar surface area (TPSA) is 34.0 Å². The van der Waals surface area contributed by atoms with Crippen LogP contribution >= 0.6 is 11.6 Å². The first kappa shape index (κ1) is 16.5. The Morgan fingerprint density at radius 2 is 1.92 bits per heavy atom. The Hall–Kier alpha value is -2.00. The van der Waals surface area contributed by atoms with Crippen LogP contribution in [-0.4, -0.2) is 10.5 Å². The zero-order chi connectivity index (χ0) is 17.6. The minimum atomic E-state index is -0.0558. The van der Waals surface area contributed by atoms with Gasteiger partial charge in [0, 0.05) is 33.6 Å². The number of anilines is 1. The van der Waals surface area contributed by atoms with Gasteiger partial charge in [-0.05, 0) is 56.5 Å². The van der Waals surface area contributed by atoms with Crippen LogP contribution in [0.4, 0.5) is 5.69 Å². The number of nitrogens with zero attached hydrogens (tertiary/aromatic N) is 1. The molecule has 1 aromatic heterocycles. The normalized spacial score (nSPS) is 19.3. The van der Waals surface area contributed by atoms with Crippen molar-refractivity contribution in [3.05, 3.63) is 51.8 Å². The zero-order valence-corrected chi connectivity index (χ0v) is 15.5. The molecule has 3 nitrogen and oxygen atoms in total. The number of rotatable bonds is 2. The highest BCUT2D eigenvalue weighted by atomic mass is 35.5. The molecule has 130 valence electrons. The van der Waals surface area contributed by atoms with E-state index in [0.29, 0.717) is 11.1 Å². The predicted octanol–water partition coefficient (Wildman–Crippen LogP) is 5.76. The summed E-state index contributed by atoms with van der Waals surface area (Å²) in [5.74, 6) is -0.0558. The quantitative estimate of drug-likeness (QED) is 0.684. The van der Waals surface area contributed by atoms with E-state index in [-0.39, 0.29) is 5.91 Å². The lowest BCUT2D eigenvalue weighted by Gasteiger charge is -2.26.